The average molecular weight is 282 g/mol. The fraction of sp³-hybridized carbons (Fsp3) is 0.235. The minimum atomic E-state index is 0.223. The van der Waals surface area contributed by atoms with E-state index in [0.29, 0.717) is 0 Å². The van der Waals surface area contributed by atoms with Gasteiger partial charge >= 0.3 is 0 Å². The number of hydrogen-bond donors (Lipinski definition) is 1. The summed E-state index contributed by atoms with van der Waals surface area (Å²) in [4.78, 5) is 4.45. The Hall–Kier alpha value is -2.49. The molecule has 4 nitrogen and oxygen atoms in total. The predicted octanol–water partition coefficient (Wildman–Crippen LogP) is 3.88. The minimum absolute atomic E-state index is 0.223. The molecule has 0 fully saturated rings. The number of rotatable bonds is 5. The number of methoxy groups -OCH3 is 1. The van der Waals surface area contributed by atoms with Crippen LogP contribution >= 0.6 is 0 Å². The highest BCUT2D eigenvalue weighted by Crippen LogP contribution is 2.29. The van der Waals surface area contributed by atoms with Gasteiger partial charge in [-0.3, -0.25) is 0 Å². The van der Waals surface area contributed by atoms with Crippen molar-refractivity contribution in [3.05, 3.63) is 54.6 Å². The number of benzene rings is 1. The molecule has 21 heavy (non-hydrogen) atoms. The molecule has 0 bridgehead atoms. The first-order valence-corrected chi connectivity index (χ1v) is 6.98. The Balaban J connectivity index is 1.87. The Labute approximate surface area is 123 Å². The number of fused-ring (bicyclic) bond motifs is 1. The molecular weight excluding hydrogens is 264 g/mol. The van der Waals surface area contributed by atoms with Crippen molar-refractivity contribution in [2.45, 2.75) is 19.4 Å². The van der Waals surface area contributed by atoms with E-state index in [-0.39, 0.29) is 6.04 Å². The van der Waals surface area contributed by atoms with E-state index >= 15 is 0 Å². The zero-order valence-corrected chi connectivity index (χ0v) is 12.2. The van der Waals surface area contributed by atoms with Gasteiger partial charge < -0.3 is 14.5 Å². The predicted molar refractivity (Wildman–Crippen MR) is 83.8 cm³/mol. The fourth-order valence-electron chi connectivity index (χ4n) is 2.49. The van der Waals surface area contributed by atoms with Crippen molar-refractivity contribution in [3.8, 4) is 5.75 Å². The molecule has 0 aliphatic heterocycles. The Bertz CT molecular complexity index is 723. The molecule has 3 rings (SSSR count). The molecule has 0 aliphatic carbocycles. The summed E-state index contributed by atoms with van der Waals surface area (Å²) < 4.78 is 10.8. The van der Waals surface area contributed by atoms with Crippen LogP contribution in [0.4, 0.5) is 5.82 Å². The van der Waals surface area contributed by atoms with E-state index in [1.54, 1.807) is 19.6 Å². The van der Waals surface area contributed by atoms with E-state index in [1.807, 2.05) is 36.4 Å². The summed E-state index contributed by atoms with van der Waals surface area (Å²) in [5.41, 5.74) is 0. The molecule has 4 heteroatoms. The number of aromatic nitrogens is 1. The SMILES string of the molecule is COc1cccc2c(NC(C)Cc3ccco3)nccc12. The van der Waals surface area contributed by atoms with Crippen molar-refractivity contribution in [2.75, 3.05) is 12.4 Å². The summed E-state index contributed by atoms with van der Waals surface area (Å²) in [5.74, 6) is 2.69. The van der Waals surface area contributed by atoms with Crippen LogP contribution in [0.5, 0.6) is 5.75 Å². The number of furan rings is 1. The van der Waals surface area contributed by atoms with Crippen LogP contribution in [0.15, 0.2) is 53.3 Å². The lowest BCUT2D eigenvalue weighted by Gasteiger charge is -2.15. The van der Waals surface area contributed by atoms with Gasteiger partial charge in [-0.05, 0) is 31.2 Å². The largest absolute Gasteiger partial charge is 0.496 e. The van der Waals surface area contributed by atoms with Crippen LogP contribution in [0.3, 0.4) is 0 Å². The van der Waals surface area contributed by atoms with Crippen LogP contribution in [0.2, 0.25) is 0 Å². The van der Waals surface area contributed by atoms with Gasteiger partial charge in [0.05, 0.1) is 13.4 Å². The lowest BCUT2D eigenvalue weighted by atomic mass is 10.1. The van der Waals surface area contributed by atoms with E-state index < -0.39 is 0 Å². The Morgan fingerprint density at radius 1 is 1.19 bits per heavy atom. The molecule has 1 unspecified atom stereocenters. The normalized spacial score (nSPS) is 12.3. The highest BCUT2D eigenvalue weighted by atomic mass is 16.5. The molecule has 2 aromatic heterocycles. The Kier molecular flexibility index (Phi) is 3.77. The Morgan fingerprint density at radius 2 is 2.10 bits per heavy atom. The van der Waals surface area contributed by atoms with Crippen LogP contribution in [0.1, 0.15) is 12.7 Å². The van der Waals surface area contributed by atoms with Crippen molar-refractivity contribution < 1.29 is 9.15 Å². The molecule has 0 spiro atoms. The standard InChI is InChI=1S/C17H18N2O2/c1-12(11-13-5-4-10-21-13)19-17-15-6-3-7-16(20-2)14(15)8-9-18-17/h3-10,12H,11H2,1-2H3,(H,18,19). The van der Waals surface area contributed by atoms with Gasteiger partial charge in [0.15, 0.2) is 0 Å². The molecule has 2 heterocycles. The lowest BCUT2D eigenvalue weighted by molar-refractivity contribution is 0.420. The van der Waals surface area contributed by atoms with Crippen molar-refractivity contribution in [3.63, 3.8) is 0 Å². The maximum Gasteiger partial charge on any atom is 0.134 e. The van der Waals surface area contributed by atoms with E-state index in [9.17, 15) is 0 Å². The number of hydrogen-bond acceptors (Lipinski definition) is 4. The monoisotopic (exact) mass is 282 g/mol. The molecule has 0 saturated carbocycles. The zero-order chi connectivity index (χ0) is 14.7. The Morgan fingerprint density at radius 3 is 2.86 bits per heavy atom. The zero-order valence-electron chi connectivity index (χ0n) is 12.2. The average Bonchev–Trinajstić information content (AvgIpc) is 2.99. The first-order chi connectivity index (χ1) is 10.3. The van der Waals surface area contributed by atoms with Gasteiger partial charge in [-0.25, -0.2) is 4.98 Å². The second-order valence-corrected chi connectivity index (χ2v) is 5.04. The number of nitrogens with zero attached hydrogens (tertiary/aromatic N) is 1. The summed E-state index contributed by atoms with van der Waals surface area (Å²) in [6.07, 6.45) is 4.31. The number of ether oxygens (including phenoxy) is 1. The highest BCUT2D eigenvalue weighted by molar-refractivity contribution is 5.95. The number of nitrogens with one attached hydrogen (secondary N) is 1. The first-order valence-electron chi connectivity index (χ1n) is 6.98. The molecule has 0 amide bonds. The van der Waals surface area contributed by atoms with Gasteiger partial charge in [0.2, 0.25) is 0 Å². The molecule has 1 aromatic carbocycles. The van der Waals surface area contributed by atoms with E-state index in [4.69, 9.17) is 9.15 Å². The second-order valence-electron chi connectivity index (χ2n) is 5.04. The third-order valence-electron chi connectivity index (χ3n) is 3.46. The summed E-state index contributed by atoms with van der Waals surface area (Å²) >= 11 is 0. The molecule has 0 aliphatic rings. The number of anilines is 1. The van der Waals surface area contributed by atoms with Gasteiger partial charge in [0.25, 0.3) is 0 Å². The van der Waals surface area contributed by atoms with E-state index in [2.05, 4.69) is 17.2 Å². The summed E-state index contributed by atoms with van der Waals surface area (Å²) in [6, 6.07) is 12.1. The summed E-state index contributed by atoms with van der Waals surface area (Å²) in [7, 11) is 1.68. The molecule has 0 saturated heterocycles. The third kappa shape index (κ3) is 2.84. The lowest BCUT2D eigenvalue weighted by Crippen LogP contribution is -2.18. The van der Waals surface area contributed by atoms with Gasteiger partial charge in [0, 0.05) is 29.4 Å². The number of pyridine rings is 1. The molecular formula is C17H18N2O2. The van der Waals surface area contributed by atoms with E-state index in [0.717, 1.165) is 34.5 Å². The van der Waals surface area contributed by atoms with Gasteiger partial charge in [0.1, 0.15) is 17.3 Å². The fourth-order valence-corrected chi connectivity index (χ4v) is 2.49. The van der Waals surface area contributed by atoms with E-state index in [1.165, 1.54) is 0 Å². The van der Waals surface area contributed by atoms with Gasteiger partial charge in [-0.1, -0.05) is 12.1 Å². The molecule has 108 valence electrons. The topological polar surface area (TPSA) is 47.3 Å². The highest BCUT2D eigenvalue weighted by Gasteiger charge is 2.10. The first kappa shape index (κ1) is 13.5. The summed E-state index contributed by atoms with van der Waals surface area (Å²) in [6.45, 7) is 2.11. The maximum absolute atomic E-state index is 5.40. The van der Waals surface area contributed by atoms with Crippen molar-refractivity contribution in [2.24, 2.45) is 0 Å². The van der Waals surface area contributed by atoms with Crippen LogP contribution in [-0.4, -0.2) is 18.1 Å². The van der Waals surface area contributed by atoms with Crippen LogP contribution in [0, 0.1) is 0 Å². The van der Waals surface area contributed by atoms with Crippen molar-refractivity contribution in [1.29, 1.82) is 0 Å². The van der Waals surface area contributed by atoms with Gasteiger partial charge in [-0.15, -0.1) is 0 Å². The van der Waals surface area contributed by atoms with Crippen LogP contribution in [-0.2, 0) is 6.42 Å². The summed E-state index contributed by atoms with van der Waals surface area (Å²) in [5, 5.41) is 5.56. The maximum atomic E-state index is 5.40. The molecule has 3 aromatic rings. The smallest absolute Gasteiger partial charge is 0.134 e. The van der Waals surface area contributed by atoms with Crippen molar-refractivity contribution in [1.82, 2.24) is 4.98 Å². The minimum Gasteiger partial charge on any atom is -0.496 e. The van der Waals surface area contributed by atoms with Crippen molar-refractivity contribution >= 4 is 16.6 Å². The third-order valence-corrected chi connectivity index (χ3v) is 3.46. The van der Waals surface area contributed by atoms with Crippen LogP contribution < -0.4 is 10.1 Å². The van der Waals surface area contributed by atoms with Crippen LogP contribution in [0.25, 0.3) is 10.8 Å². The molecule has 1 N–H and O–H groups in total. The second kappa shape index (κ2) is 5.87. The van der Waals surface area contributed by atoms with Gasteiger partial charge in [-0.2, -0.15) is 0 Å². The quantitative estimate of drug-likeness (QED) is 0.771. The molecule has 1 atom stereocenters. The molecule has 0 radical (unpaired) electrons.